The molecule has 1 amide bonds. The summed E-state index contributed by atoms with van der Waals surface area (Å²) in [5, 5.41) is 4.59. The number of rotatable bonds is 6. The van der Waals surface area contributed by atoms with Gasteiger partial charge >= 0.3 is 0 Å². The lowest BCUT2D eigenvalue weighted by atomic mass is 10.1. The third-order valence-corrected chi connectivity index (χ3v) is 4.35. The van der Waals surface area contributed by atoms with Crippen LogP contribution in [0.2, 0.25) is 10.0 Å². The molecule has 0 aromatic heterocycles. The Kier molecular flexibility index (Phi) is 7.05. The van der Waals surface area contributed by atoms with Crippen molar-refractivity contribution in [1.82, 2.24) is 5.32 Å². The molecule has 5 heteroatoms. The number of halogens is 3. The molecule has 18 heavy (non-hydrogen) atoms. The number of alkyl halides is 1. The summed E-state index contributed by atoms with van der Waals surface area (Å²) in [6.07, 6.45) is 2.02. The number of amides is 1. The Morgan fingerprint density at radius 1 is 1.39 bits per heavy atom. The highest BCUT2D eigenvalue weighted by Gasteiger charge is 2.13. The van der Waals surface area contributed by atoms with Crippen molar-refractivity contribution in [3.63, 3.8) is 0 Å². The third kappa shape index (κ3) is 4.79. The number of carbonyl (C=O) groups is 1. The van der Waals surface area contributed by atoms with Gasteiger partial charge in [-0.25, -0.2) is 0 Å². The Balaban J connectivity index is 2.46. The van der Waals surface area contributed by atoms with E-state index < -0.39 is 0 Å². The molecule has 1 unspecified atom stereocenters. The summed E-state index contributed by atoms with van der Waals surface area (Å²) in [6.45, 7) is 2.80. The SMILES string of the molecule is CC(CBr)CCCNC(=O)c1c(Cl)cccc1Cl. The largest absolute Gasteiger partial charge is 0.352 e. The summed E-state index contributed by atoms with van der Waals surface area (Å²) in [7, 11) is 0. The van der Waals surface area contributed by atoms with Gasteiger partial charge in [0.15, 0.2) is 0 Å². The Morgan fingerprint density at radius 2 is 2.00 bits per heavy atom. The van der Waals surface area contributed by atoms with Crippen molar-refractivity contribution in [2.24, 2.45) is 5.92 Å². The topological polar surface area (TPSA) is 29.1 Å². The average Bonchev–Trinajstić information content (AvgIpc) is 2.34. The normalized spacial score (nSPS) is 12.2. The van der Waals surface area contributed by atoms with E-state index in [0.717, 1.165) is 18.2 Å². The first kappa shape index (κ1) is 15.8. The predicted octanol–water partition coefficient (Wildman–Crippen LogP) is 4.53. The molecule has 0 saturated heterocycles. The fraction of sp³-hybridized carbons (Fsp3) is 0.462. The Labute approximate surface area is 126 Å². The van der Waals surface area contributed by atoms with Gasteiger partial charge < -0.3 is 5.32 Å². The number of nitrogens with one attached hydrogen (secondary N) is 1. The first-order valence-electron chi connectivity index (χ1n) is 5.84. The Hall–Kier alpha value is -0.250. The van der Waals surface area contributed by atoms with E-state index in [-0.39, 0.29) is 5.91 Å². The maximum Gasteiger partial charge on any atom is 0.254 e. The van der Waals surface area contributed by atoms with Crippen LogP contribution in [-0.4, -0.2) is 17.8 Å². The summed E-state index contributed by atoms with van der Waals surface area (Å²) in [5.74, 6) is 0.405. The predicted molar refractivity (Wildman–Crippen MR) is 81.0 cm³/mol. The van der Waals surface area contributed by atoms with Crippen LogP contribution in [0.4, 0.5) is 0 Å². The highest BCUT2D eigenvalue weighted by atomic mass is 79.9. The van der Waals surface area contributed by atoms with E-state index in [0.29, 0.717) is 28.1 Å². The molecule has 0 fully saturated rings. The molecular weight excluding hydrogens is 337 g/mol. The van der Waals surface area contributed by atoms with E-state index in [1.165, 1.54) is 0 Å². The van der Waals surface area contributed by atoms with Crippen LogP contribution in [0.1, 0.15) is 30.1 Å². The summed E-state index contributed by atoms with van der Waals surface area (Å²) >= 11 is 15.3. The molecule has 0 bridgehead atoms. The van der Waals surface area contributed by atoms with Gasteiger partial charge in [-0.3, -0.25) is 4.79 Å². The molecule has 0 aliphatic rings. The van der Waals surface area contributed by atoms with Crippen LogP contribution in [0.25, 0.3) is 0 Å². The number of hydrogen-bond donors (Lipinski definition) is 1. The molecule has 1 N–H and O–H groups in total. The zero-order valence-corrected chi connectivity index (χ0v) is 13.3. The highest BCUT2D eigenvalue weighted by Crippen LogP contribution is 2.23. The van der Waals surface area contributed by atoms with Crippen LogP contribution in [0.15, 0.2) is 18.2 Å². The van der Waals surface area contributed by atoms with Gasteiger partial charge in [0.2, 0.25) is 0 Å². The molecule has 1 aromatic rings. The molecule has 100 valence electrons. The summed E-state index contributed by atoms with van der Waals surface area (Å²) in [5.41, 5.74) is 0.356. The first-order valence-corrected chi connectivity index (χ1v) is 7.72. The number of carbonyl (C=O) groups excluding carboxylic acids is 1. The van der Waals surface area contributed by atoms with Crippen molar-refractivity contribution >= 4 is 45.0 Å². The van der Waals surface area contributed by atoms with Gasteiger partial charge in [0, 0.05) is 11.9 Å². The second kappa shape index (κ2) is 8.03. The van der Waals surface area contributed by atoms with Crippen molar-refractivity contribution in [2.75, 3.05) is 11.9 Å². The van der Waals surface area contributed by atoms with E-state index in [2.05, 4.69) is 28.2 Å². The number of hydrogen-bond acceptors (Lipinski definition) is 1. The molecular formula is C13H16BrCl2NO. The zero-order chi connectivity index (χ0) is 13.5. The average molecular weight is 353 g/mol. The molecule has 0 spiro atoms. The van der Waals surface area contributed by atoms with E-state index in [4.69, 9.17) is 23.2 Å². The van der Waals surface area contributed by atoms with Crippen LogP contribution in [0, 0.1) is 5.92 Å². The second-order valence-electron chi connectivity index (χ2n) is 4.25. The van der Waals surface area contributed by atoms with E-state index >= 15 is 0 Å². The van der Waals surface area contributed by atoms with Gasteiger partial charge in [-0.1, -0.05) is 52.1 Å². The summed E-state index contributed by atoms with van der Waals surface area (Å²) in [6, 6.07) is 5.05. The Bertz CT molecular complexity index is 392. The van der Waals surface area contributed by atoms with Gasteiger partial charge in [-0.15, -0.1) is 0 Å². The maximum absolute atomic E-state index is 11.9. The third-order valence-electron chi connectivity index (χ3n) is 2.61. The van der Waals surface area contributed by atoms with Crippen LogP contribution in [0.3, 0.4) is 0 Å². The molecule has 1 atom stereocenters. The summed E-state index contributed by atoms with van der Waals surface area (Å²) in [4.78, 5) is 11.9. The minimum atomic E-state index is -0.211. The van der Waals surface area contributed by atoms with E-state index in [1.54, 1.807) is 18.2 Å². The molecule has 0 radical (unpaired) electrons. The van der Waals surface area contributed by atoms with E-state index in [1.807, 2.05) is 0 Å². The maximum atomic E-state index is 11.9. The summed E-state index contributed by atoms with van der Waals surface area (Å²) < 4.78 is 0. The van der Waals surface area contributed by atoms with Crippen molar-refractivity contribution in [3.8, 4) is 0 Å². The van der Waals surface area contributed by atoms with Crippen LogP contribution >= 0.6 is 39.1 Å². The van der Waals surface area contributed by atoms with Crippen LogP contribution in [0.5, 0.6) is 0 Å². The molecule has 0 heterocycles. The van der Waals surface area contributed by atoms with Gasteiger partial charge in [0.05, 0.1) is 15.6 Å². The van der Waals surface area contributed by atoms with Crippen molar-refractivity contribution < 1.29 is 4.79 Å². The standard InChI is InChI=1S/C13H16BrCl2NO/c1-9(8-14)4-3-7-17-13(18)12-10(15)5-2-6-11(12)16/h2,5-6,9H,3-4,7-8H2,1H3,(H,17,18). The highest BCUT2D eigenvalue weighted by molar-refractivity contribution is 9.09. The molecule has 0 saturated carbocycles. The monoisotopic (exact) mass is 351 g/mol. The Morgan fingerprint density at radius 3 is 2.56 bits per heavy atom. The fourth-order valence-corrected chi connectivity index (χ4v) is 2.43. The van der Waals surface area contributed by atoms with Crippen molar-refractivity contribution in [2.45, 2.75) is 19.8 Å². The van der Waals surface area contributed by atoms with Gasteiger partial charge in [0.1, 0.15) is 0 Å². The molecule has 0 aliphatic heterocycles. The number of benzene rings is 1. The van der Waals surface area contributed by atoms with Crippen LogP contribution < -0.4 is 5.32 Å². The van der Waals surface area contributed by atoms with Gasteiger partial charge in [-0.05, 0) is 30.9 Å². The van der Waals surface area contributed by atoms with Crippen LogP contribution in [-0.2, 0) is 0 Å². The second-order valence-corrected chi connectivity index (χ2v) is 5.72. The quantitative estimate of drug-likeness (QED) is 0.591. The minimum Gasteiger partial charge on any atom is -0.352 e. The lowest BCUT2D eigenvalue weighted by Crippen LogP contribution is -2.25. The lowest BCUT2D eigenvalue weighted by Gasteiger charge is -2.10. The lowest BCUT2D eigenvalue weighted by molar-refractivity contribution is 0.0953. The van der Waals surface area contributed by atoms with Crippen molar-refractivity contribution in [3.05, 3.63) is 33.8 Å². The fourth-order valence-electron chi connectivity index (χ4n) is 1.53. The van der Waals surface area contributed by atoms with Crippen molar-refractivity contribution in [1.29, 1.82) is 0 Å². The smallest absolute Gasteiger partial charge is 0.254 e. The van der Waals surface area contributed by atoms with Gasteiger partial charge in [-0.2, -0.15) is 0 Å². The molecule has 0 aliphatic carbocycles. The van der Waals surface area contributed by atoms with E-state index in [9.17, 15) is 4.79 Å². The minimum absolute atomic E-state index is 0.211. The molecule has 2 nitrogen and oxygen atoms in total. The van der Waals surface area contributed by atoms with Gasteiger partial charge in [0.25, 0.3) is 5.91 Å². The zero-order valence-electron chi connectivity index (χ0n) is 10.2. The first-order chi connectivity index (χ1) is 8.56. The molecule has 1 aromatic carbocycles. The molecule has 1 rings (SSSR count).